The Hall–Kier alpha value is -2.58. The van der Waals surface area contributed by atoms with Crippen molar-refractivity contribution in [1.82, 2.24) is 4.90 Å². The fraction of sp³-hybridized carbons (Fsp3) is 0.438. The van der Waals surface area contributed by atoms with Crippen molar-refractivity contribution in [2.24, 2.45) is 11.7 Å². The topological polar surface area (TPSA) is 77.2 Å². The molecule has 2 saturated heterocycles. The lowest BCUT2D eigenvalue weighted by Gasteiger charge is -2.43. The first-order chi connectivity index (χ1) is 18.6. The maximum absolute atomic E-state index is 9.52. The van der Waals surface area contributed by atoms with Gasteiger partial charge in [-0.05, 0) is 47.2 Å². The minimum atomic E-state index is -0.471. The fourth-order valence-corrected chi connectivity index (χ4v) is 5.88. The molecular weight excluding hydrogens is 476 g/mol. The van der Waals surface area contributed by atoms with Crippen LogP contribution in [0.3, 0.4) is 0 Å². The summed E-state index contributed by atoms with van der Waals surface area (Å²) in [5.74, 6) is 0.158. The Morgan fingerprint density at radius 2 is 1.71 bits per heavy atom. The zero-order valence-electron chi connectivity index (χ0n) is 22.5. The van der Waals surface area contributed by atoms with E-state index in [4.69, 9.17) is 19.9 Å². The number of likely N-dealkylation sites (tertiary alicyclic amines) is 1. The number of aliphatic hydroxyl groups is 1. The molecule has 0 bridgehead atoms. The SMILES string of the molecule is COCC1CCCN1CC1OC(c2ccc(-c3ccccc3CN)cc2)OC(c2ccc(CO)cc2)C1C. The lowest BCUT2D eigenvalue weighted by molar-refractivity contribution is -0.276. The lowest BCUT2D eigenvalue weighted by Crippen LogP contribution is -2.46. The number of hydrogen-bond donors (Lipinski definition) is 2. The van der Waals surface area contributed by atoms with Crippen molar-refractivity contribution in [3.05, 3.63) is 95.1 Å². The first-order valence-electron chi connectivity index (χ1n) is 13.7. The number of nitrogens with two attached hydrogens (primary N) is 1. The molecule has 3 aromatic rings. The van der Waals surface area contributed by atoms with E-state index in [0.29, 0.717) is 12.6 Å². The van der Waals surface area contributed by atoms with E-state index in [0.717, 1.165) is 59.5 Å². The van der Waals surface area contributed by atoms with Crippen molar-refractivity contribution in [1.29, 1.82) is 0 Å². The first kappa shape index (κ1) is 27.0. The zero-order valence-corrected chi connectivity index (χ0v) is 22.5. The molecule has 2 aliphatic heterocycles. The summed E-state index contributed by atoms with van der Waals surface area (Å²) in [6, 6.07) is 25.3. The van der Waals surface area contributed by atoms with Gasteiger partial charge in [-0.15, -0.1) is 0 Å². The Morgan fingerprint density at radius 3 is 2.42 bits per heavy atom. The lowest BCUT2D eigenvalue weighted by atomic mass is 9.89. The standard InChI is InChI=1S/C32H40N2O4/c1-22-30(19-34-17-5-7-28(34)21-36-2)37-32(38-31(22)25-11-9-23(20-35)10-12-25)26-15-13-24(14-16-26)29-8-4-3-6-27(29)18-33/h3-4,6,8-16,22,28,30-32,35H,5,7,17-21,33H2,1-2H3. The molecule has 5 unspecified atom stereocenters. The third-order valence-corrected chi connectivity index (χ3v) is 8.13. The molecule has 0 aliphatic carbocycles. The summed E-state index contributed by atoms with van der Waals surface area (Å²) in [7, 11) is 1.78. The molecule has 0 aromatic heterocycles. The molecule has 0 amide bonds. The van der Waals surface area contributed by atoms with Crippen molar-refractivity contribution in [2.45, 2.75) is 57.5 Å². The molecule has 202 valence electrons. The predicted molar refractivity (Wildman–Crippen MR) is 149 cm³/mol. The number of aliphatic hydroxyl groups excluding tert-OH is 1. The number of nitrogens with zero attached hydrogens (tertiary/aromatic N) is 1. The van der Waals surface area contributed by atoms with Crippen LogP contribution in [-0.2, 0) is 27.4 Å². The smallest absolute Gasteiger partial charge is 0.184 e. The van der Waals surface area contributed by atoms with Crippen molar-refractivity contribution in [3.8, 4) is 11.1 Å². The van der Waals surface area contributed by atoms with E-state index in [1.165, 1.54) is 6.42 Å². The maximum atomic E-state index is 9.52. The van der Waals surface area contributed by atoms with Crippen LogP contribution in [0.4, 0.5) is 0 Å². The second-order valence-electron chi connectivity index (χ2n) is 10.6. The van der Waals surface area contributed by atoms with Crippen LogP contribution in [0, 0.1) is 5.92 Å². The minimum absolute atomic E-state index is 0.00590. The highest BCUT2D eigenvalue weighted by molar-refractivity contribution is 5.67. The van der Waals surface area contributed by atoms with Gasteiger partial charge in [-0.2, -0.15) is 0 Å². The number of methoxy groups -OCH3 is 1. The van der Waals surface area contributed by atoms with Crippen LogP contribution in [0.1, 0.15) is 54.4 Å². The van der Waals surface area contributed by atoms with Crippen LogP contribution in [0.5, 0.6) is 0 Å². The molecule has 5 rings (SSSR count). The van der Waals surface area contributed by atoms with Crippen LogP contribution >= 0.6 is 0 Å². The molecule has 5 atom stereocenters. The average Bonchev–Trinajstić information content (AvgIpc) is 3.41. The third kappa shape index (κ3) is 5.86. The summed E-state index contributed by atoms with van der Waals surface area (Å²) >= 11 is 0. The third-order valence-electron chi connectivity index (χ3n) is 8.13. The van der Waals surface area contributed by atoms with E-state index < -0.39 is 6.29 Å². The molecule has 0 radical (unpaired) electrons. The van der Waals surface area contributed by atoms with Gasteiger partial charge in [0.25, 0.3) is 0 Å². The maximum Gasteiger partial charge on any atom is 0.184 e. The average molecular weight is 517 g/mol. The van der Waals surface area contributed by atoms with Crippen molar-refractivity contribution in [3.63, 3.8) is 0 Å². The van der Waals surface area contributed by atoms with Gasteiger partial charge in [0, 0.05) is 37.7 Å². The van der Waals surface area contributed by atoms with Crippen LogP contribution in [0.2, 0.25) is 0 Å². The van der Waals surface area contributed by atoms with Crippen LogP contribution in [0.25, 0.3) is 11.1 Å². The van der Waals surface area contributed by atoms with Gasteiger partial charge >= 0.3 is 0 Å². The minimum Gasteiger partial charge on any atom is -0.392 e. The monoisotopic (exact) mass is 516 g/mol. The summed E-state index contributed by atoms with van der Waals surface area (Å²) in [5, 5.41) is 9.52. The van der Waals surface area contributed by atoms with Crippen molar-refractivity contribution >= 4 is 0 Å². The summed E-state index contributed by atoms with van der Waals surface area (Å²) in [6.45, 7) is 5.42. The molecule has 38 heavy (non-hydrogen) atoms. The molecule has 3 aromatic carbocycles. The molecule has 6 nitrogen and oxygen atoms in total. The predicted octanol–water partition coefficient (Wildman–Crippen LogP) is 5.21. The summed E-state index contributed by atoms with van der Waals surface area (Å²) in [4.78, 5) is 2.52. The highest BCUT2D eigenvalue weighted by Gasteiger charge is 2.40. The van der Waals surface area contributed by atoms with Crippen LogP contribution in [0.15, 0.2) is 72.8 Å². The van der Waals surface area contributed by atoms with Gasteiger partial charge < -0.3 is 25.1 Å². The molecule has 6 heteroatoms. The van der Waals surface area contributed by atoms with E-state index >= 15 is 0 Å². The molecule has 2 heterocycles. The summed E-state index contributed by atoms with van der Waals surface area (Å²) < 4.78 is 18.9. The van der Waals surface area contributed by atoms with Gasteiger partial charge in [0.2, 0.25) is 0 Å². The Labute approximate surface area is 226 Å². The molecule has 2 fully saturated rings. The number of rotatable bonds is 9. The van der Waals surface area contributed by atoms with Crippen LogP contribution in [-0.4, -0.2) is 49.0 Å². The van der Waals surface area contributed by atoms with E-state index in [2.05, 4.69) is 60.4 Å². The number of benzene rings is 3. The zero-order chi connectivity index (χ0) is 26.5. The van der Waals surface area contributed by atoms with Gasteiger partial charge in [0.05, 0.1) is 25.4 Å². The van der Waals surface area contributed by atoms with E-state index in [1.54, 1.807) is 7.11 Å². The second kappa shape index (κ2) is 12.5. The Kier molecular flexibility index (Phi) is 8.89. The highest BCUT2D eigenvalue weighted by Crippen LogP contribution is 2.42. The molecule has 0 saturated carbocycles. The Bertz CT molecular complexity index is 1170. The molecular formula is C32H40N2O4. The first-order valence-corrected chi connectivity index (χ1v) is 13.7. The fourth-order valence-electron chi connectivity index (χ4n) is 5.88. The number of ether oxygens (including phenoxy) is 3. The van der Waals surface area contributed by atoms with Crippen LogP contribution < -0.4 is 5.73 Å². The quantitative estimate of drug-likeness (QED) is 0.407. The summed E-state index contributed by atoms with van der Waals surface area (Å²) in [5.41, 5.74) is 12.4. The second-order valence-corrected chi connectivity index (χ2v) is 10.6. The largest absolute Gasteiger partial charge is 0.392 e. The van der Waals surface area contributed by atoms with Crippen molar-refractivity contribution < 1.29 is 19.3 Å². The Morgan fingerprint density at radius 1 is 0.974 bits per heavy atom. The van der Waals surface area contributed by atoms with E-state index in [9.17, 15) is 5.11 Å². The van der Waals surface area contributed by atoms with Gasteiger partial charge in [-0.3, -0.25) is 4.90 Å². The molecule has 0 spiro atoms. The molecule has 2 aliphatic rings. The summed E-state index contributed by atoms with van der Waals surface area (Å²) in [6.07, 6.45) is 1.76. The van der Waals surface area contributed by atoms with E-state index in [1.807, 2.05) is 24.3 Å². The highest BCUT2D eigenvalue weighted by atomic mass is 16.7. The number of hydrogen-bond acceptors (Lipinski definition) is 6. The normalized spacial score (nSPS) is 26.1. The van der Waals surface area contributed by atoms with Gasteiger partial charge in [0.15, 0.2) is 6.29 Å². The van der Waals surface area contributed by atoms with Gasteiger partial charge in [0.1, 0.15) is 0 Å². The van der Waals surface area contributed by atoms with Gasteiger partial charge in [-0.25, -0.2) is 0 Å². The van der Waals surface area contributed by atoms with Gasteiger partial charge in [-0.1, -0.05) is 79.7 Å². The molecule has 3 N–H and O–H groups in total. The Balaban J connectivity index is 1.41. The van der Waals surface area contributed by atoms with Crippen molar-refractivity contribution in [2.75, 3.05) is 26.8 Å². The van der Waals surface area contributed by atoms with E-state index in [-0.39, 0.29) is 24.7 Å².